The first kappa shape index (κ1) is 18.0. The molecule has 126 valence electrons. The molecule has 0 bridgehead atoms. The van der Waals surface area contributed by atoms with Gasteiger partial charge in [-0.05, 0) is 89.2 Å². The molecule has 1 N–H and O–H groups in total. The van der Waals surface area contributed by atoms with E-state index in [0.717, 1.165) is 12.6 Å². The lowest BCUT2D eigenvalue weighted by atomic mass is 9.84. The van der Waals surface area contributed by atoms with E-state index in [1.807, 2.05) is 0 Å². The Labute approximate surface area is 164 Å². The lowest BCUT2D eigenvalue weighted by molar-refractivity contribution is 0.590. The van der Waals surface area contributed by atoms with Crippen LogP contribution >= 0.6 is 35.0 Å². The number of halogens is 2. The van der Waals surface area contributed by atoms with E-state index in [4.69, 9.17) is 0 Å². The fourth-order valence-corrected chi connectivity index (χ4v) is 4.05. The lowest BCUT2D eigenvalue weighted by Gasteiger charge is -2.21. The summed E-state index contributed by atoms with van der Waals surface area (Å²) in [7, 11) is 0. The molecule has 0 amide bonds. The molecule has 3 heteroatoms. The van der Waals surface area contributed by atoms with Gasteiger partial charge in [0.2, 0.25) is 0 Å². The van der Waals surface area contributed by atoms with Crippen LogP contribution in [0.25, 0.3) is 12.2 Å². The molecular weight excluding hydrogens is 429 g/mol. The number of nitrogens with one attached hydrogen (secondary N) is 1. The van der Waals surface area contributed by atoms with Crippen molar-refractivity contribution in [1.29, 1.82) is 0 Å². The highest BCUT2D eigenvalue weighted by atomic mass is 127. The fraction of sp³-hybridized carbons (Fsp3) is 0.333. The second-order valence-corrected chi connectivity index (χ2v) is 7.90. The minimum atomic E-state index is 0. The van der Waals surface area contributed by atoms with Gasteiger partial charge in [0.15, 0.2) is 0 Å². The molecule has 0 saturated heterocycles. The Balaban J connectivity index is 0.00000169. The summed E-state index contributed by atoms with van der Waals surface area (Å²) >= 11 is 2.43. The van der Waals surface area contributed by atoms with Gasteiger partial charge in [0.25, 0.3) is 0 Å². The first-order chi connectivity index (χ1) is 11.3. The molecule has 2 aliphatic rings. The van der Waals surface area contributed by atoms with Crippen molar-refractivity contribution < 1.29 is 0 Å². The van der Waals surface area contributed by atoms with Gasteiger partial charge in [0.05, 0.1) is 0 Å². The molecular formula is C21H23ClIN. The van der Waals surface area contributed by atoms with Crippen LogP contribution < -0.4 is 5.32 Å². The normalized spacial score (nSPS) is 18.3. The van der Waals surface area contributed by atoms with E-state index < -0.39 is 0 Å². The summed E-state index contributed by atoms with van der Waals surface area (Å²) in [6, 6.07) is 16.6. The predicted molar refractivity (Wildman–Crippen MR) is 114 cm³/mol. The maximum atomic E-state index is 3.65. The predicted octanol–water partition coefficient (Wildman–Crippen LogP) is 5.86. The first-order valence-corrected chi connectivity index (χ1v) is 9.69. The zero-order chi connectivity index (χ0) is 15.6. The van der Waals surface area contributed by atoms with Gasteiger partial charge in [-0.3, -0.25) is 0 Å². The van der Waals surface area contributed by atoms with Crippen LogP contribution in [0.3, 0.4) is 0 Å². The van der Waals surface area contributed by atoms with Gasteiger partial charge in [0.1, 0.15) is 0 Å². The average molecular weight is 452 g/mol. The van der Waals surface area contributed by atoms with Crippen molar-refractivity contribution >= 4 is 47.1 Å². The highest BCUT2D eigenvalue weighted by Crippen LogP contribution is 2.38. The van der Waals surface area contributed by atoms with Crippen molar-refractivity contribution in [2.24, 2.45) is 0 Å². The Morgan fingerprint density at radius 1 is 0.958 bits per heavy atom. The van der Waals surface area contributed by atoms with E-state index >= 15 is 0 Å². The molecule has 2 aromatic carbocycles. The zero-order valence-electron chi connectivity index (χ0n) is 13.7. The monoisotopic (exact) mass is 451 g/mol. The fourth-order valence-electron chi connectivity index (χ4n) is 3.54. The van der Waals surface area contributed by atoms with Crippen molar-refractivity contribution in [3.05, 3.63) is 68.3 Å². The Morgan fingerprint density at radius 2 is 1.71 bits per heavy atom. The largest absolute Gasteiger partial charge is 0.314 e. The second kappa shape index (κ2) is 8.03. The van der Waals surface area contributed by atoms with Gasteiger partial charge in [0, 0.05) is 15.5 Å². The molecule has 24 heavy (non-hydrogen) atoms. The molecule has 2 aromatic rings. The molecule has 1 atom stereocenters. The third kappa shape index (κ3) is 4.04. The molecule has 1 fully saturated rings. The van der Waals surface area contributed by atoms with Gasteiger partial charge >= 0.3 is 0 Å². The van der Waals surface area contributed by atoms with Crippen molar-refractivity contribution in [3.8, 4) is 0 Å². The number of fused-ring (bicyclic) bond motifs is 2. The van der Waals surface area contributed by atoms with Gasteiger partial charge in [-0.1, -0.05) is 42.5 Å². The summed E-state index contributed by atoms with van der Waals surface area (Å²) < 4.78 is 1.33. The summed E-state index contributed by atoms with van der Waals surface area (Å²) in [4.78, 5) is 0. The highest BCUT2D eigenvalue weighted by Gasteiger charge is 2.23. The third-order valence-electron chi connectivity index (χ3n) is 4.92. The number of hydrogen-bond acceptors (Lipinski definition) is 1. The minimum absolute atomic E-state index is 0. The van der Waals surface area contributed by atoms with Gasteiger partial charge < -0.3 is 5.32 Å². The third-order valence-corrected chi connectivity index (χ3v) is 5.59. The van der Waals surface area contributed by atoms with Gasteiger partial charge in [-0.25, -0.2) is 0 Å². The Bertz CT molecular complexity index is 736. The molecule has 1 unspecified atom stereocenters. The number of benzene rings is 2. The summed E-state index contributed by atoms with van der Waals surface area (Å²) in [6.45, 7) is 1.15. The van der Waals surface area contributed by atoms with Crippen LogP contribution in [0.15, 0.2) is 42.5 Å². The van der Waals surface area contributed by atoms with Gasteiger partial charge in [-0.15, -0.1) is 12.4 Å². The summed E-state index contributed by atoms with van der Waals surface area (Å²) in [5, 5.41) is 3.65. The summed E-state index contributed by atoms with van der Waals surface area (Å²) in [6.07, 6.45) is 9.76. The summed E-state index contributed by atoms with van der Waals surface area (Å²) in [5.41, 5.74) is 5.72. The van der Waals surface area contributed by atoms with Crippen molar-refractivity contribution in [1.82, 2.24) is 5.32 Å². The Kier molecular flexibility index (Phi) is 6.01. The molecule has 2 aliphatic carbocycles. The van der Waals surface area contributed by atoms with Crippen LogP contribution in [-0.2, 0) is 0 Å². The van der Waals surface area contributed by atoms with Crippen molar-refractivity contribution in [2.75, 3.05) is 6.54 Å². The maximum Gasteiger partial charge on any atom is 0.0133 e. The number of hydrogen-bond donors (Lipinski definition) is 1. The molecule has 0 heterocycles. The molecule has 1 nitrogen and oxygen atoms in total. The Morgan fingerprint density at radius 3 is 2.50 bits per heavy atom. The van der Waals surface area contributed by atoms with E-state index in [1.54, 1.807) is 0 Å². The quantitative estimate of drug-likeness (QED) is 0.443. The summed E-state index contributed by atoms with van der Waals surface area (Å²) in [5.74, 6) is 0.506. The molecule has 0 aromatic heterocycles. The van der Waals surface area contributed by atoms with E-state index in [0.29, 0.717) is 5.92 Å². The molecule has 0 spiro atoms. The van der Waals surface area contributed by atoms with Crippen molar-refractivity contribution in [2.45, 2.75) is 37.6 Å². The zero-order valence-corrected chi connectivity index (χ0v) is 16.6. The molecule has 4 rings (SSSR count). The molecule has 1 saturated carbocycles. The maximum absolute atomic E-state index is 3.65. The molecule has 0 aliphatic heterocycles. The van der Waals surface area contributed by atoms with E-state index in [2.05, 4.69) is 82.5 Å². The SMILES string of the molecule is Cl.Ic1ccc2c(c1)C(CCCNC1CC1)c1ccccc1C=C2. The van der Waals surface area contributed by atoms with E-state index in [9.17, 15) is 0 Å². The average Bonchev–Trinajstić information content (AvgIpc) is 3.39. The Hall–Kier alpha value is -0.840. The van der Waals surface area contributed by atoms with Gasteiger partial charge in [-0.2, -0.15) is 0 Å². The van der Waals surface area contributed by atoms with Crippen LogP contribution in [0.2, 0.25) is 0 Å². The highest BCUT2D eigenvalue weighted by molar-refractivity contribution is 14.1. The lowest BCUT2D eigenvalue weighted by Crippen LogP contribution is -2.18. The van der Waals surface area contributed by atoms with E-state index in [1.165, 1.54) is 51.5 Å². The number of rotatable bonds is 5. The van der Waals surface area contributed by atoms with Crippen LogP contribution in [-0.4, -0.2) is 12.6 Å². The van der Waals surface area contributed by atoms with Crippen molar-refractivity contribution in [3.63, 3.8) is 0 Å². The standard InChI is InChI=1S/C21H22IN.ClH/c22-17-10-9-16-8-7-15-4-1-2-5-19(15)20(21(16)14-17)6-3-13-23-18-11-12-18;/h1-2,4-5,7-10,14,18,20,23H,3,6,11-13H2;1H. The van der Waals surface area contributed by atoms with Crippen LogP contribution in [0.1, 0.15) is 53.9 Å². The van der Waals surface area contributed by atoms with Crippen LogP contribution in [0.4, 0.5) is 0 Å². The second-order valence-electron chi connectivity index (χ2n) is 6.66. The van der Waals surface area contributed by atoms with Crippen LogP contribution in [0.5, 0.6) is 0 Å². The van der Waals surface area contributed by atoms with E-state index in [-0.39, 0.29) is 12.4 Å². The molecule has 0 radical (unpaired) electrons. The smallest absolute Gasteiger partial charge is 0.0133 e. The van der Waals surface area contributed by atoms with Crippen LogP contribution in [0, 0.1) is 3.57 Å². The minimum Gasteiger partial charge on any atom is -0.314 e. The topological polar surface area (TPSA) is 12.0 Å². The first-order valence-electron chi connectivity index (χ1n) is 8.61.